The zero-order valence-corrected chi connectivity index (χ0v) is 11.7. The van der Waals surface area contributed by atoms with Gasteiger partial charge in [-0.3, -0.25) is 4.79 Å². The maximum atomic E-state index is 12.4. The second-order valence-corrected chi connectivity index (χ2v) is 5.18. The molecule has 1 atom stereocenters. The van der Waals surface area contributed by atoms with Crippen LogP contribution < -0.4 is 0 Å². The zero-order chi connectivity index (χ0) is 12.4. The highest BCUT2D eigenvalue weighted by Gasteiger charge is 2.26. The number of rotatable bonds is 3. The first-order valence-corrected chi connectivity index (χ1v) is 6.63. The highest BCUT2D eigenvalue weighted by molar-refractivity contribution is 9.10. The van der Waals surface area contributed by atoms with Crippen LogP contribution in [0.2, 0.25) is 0 Å². The van der Waals surface area contributed by atoms with Crippen LogP contribution in [0.4, 0.5) is 0 Å². The van der Waals surface area contributed by atoms with Crippen molar-refractivity contribution in [3.05, 3.63) is 22.4 Å². The third-order valence-electron chi connectivity index (χ3n) is 3.20. The summed E-state index contributed by atoms with van der Waals surface area (Å²) in [5.41, 5.74) is 0.730. The van der Waals surface area contributed by atoms with Crippen molar-refractivity contribution in [2.24, 2.45) is 0 Å². The van der Waals surface area contributed by atoms with Crippen LogP contribution in [0.1, 0.15) is 23.8 Å². The zero-order valence-electron chi connectivity index (χ0n) is 10.1. The van der Waals surface area contributed by atoms with Crippen LogP contribution in [0.5, 0.6) is 0 Å². The molecule has 1 aromatic rings. The van der Waals surface area contributed by atoms with E-state index in [0.29, 0.717) is 6.61 Å². The normalized spacial score (nSPS) is 19.6. The van der Waals surface area contributed by atoms with E-state index in [0.717, 1.165) is 29.7 Å². The molecule has 0 aromatic carbocycles. The average Bonchev–Trinajstić information content (AvgIpc) is 2.95. The average molecular weight is 301 g/mol. The number of aryl methyl sites for hydroxylation is 1. The number of likely N-dealkylation sites (N-methyl/N-ethyl adjacent to an activating group) is 1. The largest absolute Gasteiger partial charge is 0.379 e. The van der Waals surface area contributed by atoms with Crippen LogP contribution >= 0.6 is 15.9 Å². The fraction of sp³-hybridized carbons (Fsp3) is 0.583. The van der Waals surface area contributed by atoms with Crippen molar-refractivity contribution in [3.8, 4) is 0 Å². The van der Waals surface area contributed by atoms with Crippen molar-refractivity contribution in [1.82, 2.24) is 9.47 Å². The van der Waals surface area contributed by atoms with Crippen LogP contribution in [0, 0.1) is 0 Å². The molecule has 1 aromatic heterocycles. The van der Waals surface area contributed by atoms with Gasteiger partial charge in [0.2, 0.25) is 0 Å². The second kappa shape index (κ2) is 5.23. The van der Waals surface area contributed by atoms with Gasteiger partial charge in [0.1, 0.15) is 5.69 Å². The smallest absolute Gasteiger partial charge is 0.270 e. The molecule has 2 rings (SSSR count). The summed E-state index contributed by atoms with van der Waals surface area (Å²) in [6.45, 7) is 4.22. The molecule has 4 nitrogen and oxygen atoms in total. The van der Waals surface area contributed by atoms with Crippen LogP contribution in [-0.4, -0.2) is 41.7 Å². The van der Waals surface area contributed by atoms with Gasteiger partial charge >= 0.3 is 0 Å². The molecule has 0 N–H and O–H groups in total. The Bertz CT molecular complexity index is 411. The first-order valence-electron chi connectivity index (χ1n) is 5.84. The van der Waals surface area contributed by atoms with Crippen molar-refractivity contribution < 1.29 is 9.53 Å². The van der Waals surface area contributed by atoms with E-state index in [1.165, 1.54) is 0 Å². The number of hydrogen-bond donors (Lipinski definition) is 0. The fourth-order valence-electron chi connectivity index (χ4n) is 2.09. The second-order valence-electron chi connectivity index (χ2n) is 4.26. The molecule has 1 unspecified atom stereocenters. The maximum absolute atomic E-state index is 12.4. The van der Waals surface area contributed by atoms with Crippen molar-refractivity contribution in [1.29, 1.82) is 0 Å². The Balaban J connectivity index is 2.17. The Morgan fingerprint density at radius 3 is 3.06 bits per heavy atom. The molecule has 0 saturated carbocycles. The molecule has 1 aliphatic heterocycles. The summed E-state index contributed by atoms with van der Waals surface area (Å²) in [5, 5.41) is 0. The van der Waals surface area contributed by atoms with E-state index in [1.807, 2.05) is 30.8 Å². The Hall–Kier alpha value is -0.810. The highest BCUT2D eigenvalue weighted by Crippen LogP contribution is 2.19. The number of halogens is 1. The Morgan fingerprint density at radius 2 is 2.47 bits per heavy atom. The lowest BCUT2D eigenvalue weighted by Crippen LogP contribution is -2.38. The topological polar surface area (TPSA) is 34.5 Å². The standard InChI is InChI=1S/C12H17BrN2O2/c1-3-15-7-9(13)6-11(15)12(16)14(2)10-4-5-17-8-10/h6-7,10H,3-5,8H2,1-2H3. The first kappa shape index (κ1) is 12.6. The summed E-state index contributed by atoms with van der Waals surface area (Å²) < 4.78 is 8.22. The molecule has 1 saturated heterocycles. The molecule has 0 radical (unpaired) electrons. The molecule has 2 heterocycles. The van der Waals surface area contributed by atoms with Gasteiger partial charge in [0.15, 0.2) is 0 Å². The maximum Gasteiger partial charge on any atom is 0.270 e. The van der Waals surface area contributed by atoms with Crippen molar-refractivity contribution >= 4 is 21.8 Å². The minimum Gasteiger partial charge on any atom is -0.379 e. The number of hydrogen-bond acceptors (Lipinski definition) is 2. The van der Waals surface area contributed by atoms with E-state index >= 15 is 0 Å². The summed E-state index contributed by atoms with van der Waals surface area (Å²) in [7, 11) is 1.85. The number of nitrogens with zero attached hydrogens (tertiary/aromatic N) is 2. The van der Waals surface area contributed by atoms with Crippen LogP contribution in [-0.2, 0) is 11.3 Å². The third-order valence-corrected chi connectivity index (χ3v) is 3.63. The predicted octanol–water partition coefficient (Wildman–Crippen LogP) is 2.13. The van der Waals surface area contributed by atoms with Gasteiger partial charge in [0.05, 0.1) is 12.6 Å². The van der Waals surface area contributed by atoms with Crippen molar-refractivity contribution in [2.75, 3.05) is 20.3 Å². The molecule has 0 bridgehead atoms. The van der Waals surface area contributed by atoms with Crippen LogP contribution in [0.25, 0.3) is 0 Å². The summed E-state index contributed by atoms with van der Waals surface area (Å²) in [6, 6.07) is 2.08. The van der Waals surface area contributed by atoms with E-state index in [9.17, 15) is 4.79 Å². The molecule has 1 amide bonds. The molecule has 0 aliphatic carbocycles. The van der Waals surface area contributed by atoms with Gasteiger partial charge in [-0.15, -0.1) is 0 Å². The number of amides is 1. The van der Waals surface area contributed by atoms with Crippen molar-refractivity contribution in [2.45, 2.75) is 25.9 Å². The first-order chi connectivity index (χ1) is 8.13. The number of carbonyl (C=O) groups excluding carboxylic acids is 1. The lowest BCUT2D eigenvalue weighted by Gasteiger charge is -2.23. The number of aromatic nitrogens is 1. The monoisotopic (exact) mass is 300 g/mol. The van der Waals surface area contributed by atoms with Crippen molar-refractivity contribution in [3.63, 3.8) is 0 Å². The van der Waals surface area contributed by atoms with Crippen LogP contribution in [0.15, 0.2) is 16.7 Å². The van der Waals surface area contributed by atoms with Gasteiger partial charge in [-0.05, 0) is 35.3 Å². The molecule has 5 heteroatoms. The summed E-state index contributed by atoms with van der Waals surface area (Å²) in [4.78, 5) is 14.1. The lowest BCUT2D eigenvalue weighted by atomic mass is 10.2. The summed E-state index contributed by atoms with van der Waals surface area (Å²) in [5.74, 6) is 0.0630. The molecular weight excluding hydrogens is 284 g/mol. The Morgan fingerprint density at radius 1 is 1.71 bits per heavy atom. The van der Waals surface area contributed by atoms with E-state index < -0.39 is 0 Å². The van der Waals surface area contributed by atoms with E-state index in [1.54, 1.807) is 4.90 Å². The molecule has 1 aliphatic rings. The quantitative estimate of drug-likeness (QED) is 0.857. The van der Waals surface area contributed by atoms with Gasteiger partial charge in [0, 0.05) is 30.9 Å². The highest BCUT2D eigenvalue weighted by atomic mass is 79.9. The number of ether oxygens (including phenoxy) is 1. The summed E-state index contributed by atoms with van der Waals surface area (Å²) >= 11 is 3.41. The summed E-state index contributed by atoms with van der Waals surface area (Å²) in [6.07, 6.45) is 2.86. The van der Waals surface area contributed by atoms with E-state index in [-0.39, 0.29) is 11.9 Å². The minimum absolute atomic E-state index is 0.0630. The lowest BCUT2D eigenvalue weighted by molar-refractivity contribution is 0.0700. The van der Waals surface area contributed by atoms with Gasteiger partial charge in [-0.2, -0.15) is 0 Å². The van der Waals surface area contributed by atoms with E-state index in [4.69, 9.17) is 4.74 Å². The minimum atomic E-state index is 0.0630. The Kier molecular flexibility index (Phi) is 3.89. The fourth-order valence-corrected chi connectivity index (χ4v) is 2.55. The van der Waals surface area contributed by atoms with Gasteiger partial charge in [0.25, 0.3) is 5.91 Å². The van der Waals surface area contributed by atoms with Gasteiger partial charge in [-0.25, -0.2) is 0 Å². The van der Waals surface area contributed by atoms with Gasteiger partial charge < -0.3 is 14.2 Å². The third kappa shape index (κ3) is 2.55. The molecule has 17 heavy (non-hydrogen) atoms. The number of carbonyl (C=O) groups is 1. The SMILES string of the molecule is CCn1cc(Br)cc1C(=O)N(C)C1CCOC1. The molecule has 94 valence electrons. The molecule has 0 spiro atoms. The predicted molar refractivity (Wildman–Crippen MR) is 69.1 cm³/mol. The Labute approximate surface area is 110 Å². The molecule has 1 fully saturated rings. The van der Waals surface area contributed by atoms with Crippen LogP contribution in [0.3, 0.4) is 0 Å². The van der Waals surface area contributed by atoms with E-state index in [2.05, 4.69) is 15.9 Å². The molecular formula is C12H17BrN2O2. The van der Waals surface area contributed by atoms with Gasteiger partial charge in [-0.1, -0.05) is 0 Å².